The smallest absolute Gasteiger partial charge is 0.0352 e. The third-order valence-corrected chi connectivity index (χ3v) is 6.62. The van der Waals surface area contributed by atoms with E-state index in [1.807, 2.05) is 0 Å². The summed E-state index contributed by atoms with van der Waals surface area (Å²) in [5.74, 6) is 7.09. The van der Waals surface area contributed by atoms with Gasteiger partial charge in [0.25, 0.3) is 0 Å². The normalized spacial score (nSPS) is 51.0. The van der Waals surface area contributed by atoms with Crippen LogP contribution in [-0.2, 0) is 0 Å². The van der Waals surface area contributed by atoms with Crippen molar-refractivity contribution < 1.29 is 0 Å². The molecule has 2 saturated carbocycles. The summed E-state index contributed by atoms with van der Waals surface area (Å²) in [6.07, 6.45) is 7.41. The van der Waals surface area contributed by atoms with Crippen LogP contribution in [0.2, 0.25) is 0 Å². The van der Waals surface area contributed by atoms with Crippen LogP contribution in [0.15, 0.2) is 0 Å². The van der Waals surface area contributed by atoms with Gasteiger partial charge in [0.05, 0.1) is 0 Å². The molecular formula is C17H32. The fourth-order valence-corrected chi connectivity index (χ4v) is 5.19. The largest absolute Gasteiger partial charge is 0.0651 e. The Labute approximate surface area is 109 Å². The van der Waals surface area contributed by atoms with E-state index >= 15 is 0 Å². The highest BCUT2D eigenvalue weighted by Gasteiger charge is 2.45. The van der Waals surface area contributed by atoms with E-state index in [0.717, 1.165) is 41.4 Å². The van der Waals surface area contributed by atoms with Gasteiger partial charge in [0, 0.05) is 0 Å². The fraction of sp³-hybridized carbons (Fsp3) is 1.00. The molecule has 0 heterocycles. The highest BCUT2D eigenvalue weighted by molar-refractivity contribution is 4.94. The second-order valence-corrected chi connectivity index (χ2v) is 7.08. The second-order valence-electron chi connectivity index (χ2n) is 7.08. The van der Waals surface area contributed by atoms with Gasteiger partial charge in [-0.3, -0.25) is 0 Å². The monoisotopic (exact) mass is 236 g/mol. The zero-order chi connectivity index (χ0) is 12.6. The minimum absolute atomic E-state index is 0.957. The molecule has 0 nitrogen and oxygen atoms in total. The molecule has 0 aromatic heterocycles. The first kappa shape index (κ1) is 13.4. The predicted molar refractivity (Wildman–Crippen MR) is 75.9 cm³/mol. The van der Waals surface area contributed by atoms with Crippen molar-refractivity contribution in [2.24, 2.45) is 41.4 Å². The summed E-state index contributed by atoms with van der Waals surface area (Å²) in [4.78, 5) is 0. The molecule has 0 amide bonds. The molecule has 7 unspecified atom stereocenters. The molecule has 0 radical (unpaired) electrons. The standard InChI is InChI=1S/C17H32/c1-6-14-8-9-16(15(14)7-2)17-10-11(3)12(4)13(17)5/h11-17H,6-10H2,1-5H3. The third-order valence-electron chi connectivity index (χ3n) is 6.62. The molecule has 0 aliphatic heterocycles. The molecule has 100 valence electrons. The van der Waals surface area contributed by atoms with Crippen molar-refractivity contribution >= 4 is 0 Å². The van der Waals surface area contributed by atoms with Crippen molar-refractivity contribution in [1.82, 2.24) is 0 Å². The van der Waals surface area contributed by atoms with Gasteiger partial charge in [-0.2, -0.15) is 0 Å². The van der Waals surface area contributed by atoms with E-state index in [4.69, 9.17) is 0 Å². The summed E-state index contributed by atoms with van der Waals surface area (Å²) in [5.41, 5.74) is 0. The summed E-state index contributed by atoms with van der Waals surface area (Å²) in [6.45, 7) is 12.3. The zero-order valence-electron chi connectivity index (χ0n) is 12.6. The van der Waals surface area contributed by atoms with Crippen LogP contribution in [0.3, 0.4) is 0 Å². The van der Waals surface area contributed by atoms with Crippen LogP contribution in [-0.4, -0.2) is 0 Å². The van der Waals surface area contributed by atoms with Crippen molar-refractivity contribution in [3.05, 3.63) is 0 Å². The Balaban J connectivity index is 2.08. The van der Waals surface area contributed by atoms with Crippen LogP contribution in [0.4, 0.5) is 0 Å². The van der Waals surface area contributed by atoms with Crippen LogP contribution in [0, 0.1) is 41.4 Å². The third kappa shape index (κ3) is 2.29. The first-order valence-corrected chi connectivity index (χ1v) is 8.10. The molecule has 7 atom stereocenters. The summed E-state index contributed by atoms with van der Waals surface area (Å²) in [6, 6.07) is 0. The molecule has 0 heteroatoms. The van der Waals surface area contributed by atoms with Gasteiger partial charge in [0.1, 0.15) is 0 Å². The van der Waals surface area contributed by atoms with Gasteiger partial charge in [-0.15, -0.1) is 0 Å². The SMILES string of the molecule is CCC1CCC(C2CC(C)C(C)C2C)C1CC. The highest BCUT2D eigenvalue weighted by Crippen LogP contribution is 2.53. The molecule has 0 aromatic carbocycles. The number of rotatable bonds is 3. The van der Waals surface area contributed by atoms with E-state index in [9.17, 15) is 0 Å². The van der Waals surface area contributed by atoms with Crippen molar-refractivity contribution in [2.45, 2.75) is 66.7 Å². The van der Waals surface area contributed by atoms with Gasteiger partial charge in [0.15, 0.2) is 0 Å². The van der Waals surface area contributed by atoms with Crippen LogP contribution in [0.5, 0.6) is 0 Å². The van der Waals surface area contributed by atoms with E-state index < -0.39 is 0 Å². The Bertz CT molecular complexity index is 244. The van der Waals surface area contributed by atoms with E-state index in [-0.39, 0.29) is 0 Å². The fourth-order valence-electron chi connectivity index (χ4n) is 5.19. The second kappa shape index (κ2) is 5.33. The van der Waals surface area contributed by atoms with Crippen LogP contribution in [0.1, 0.15) is 66.7 Å². The lowest BCUT2D eigenvalue weighted by Crippen LogP contribution is -2.24. The van der Waals surface area contributed by atoms with Gasteiger partial charge < -0.3 is 0 Å². The van der Waals surface area contributed by atoms with Crippen molar-refractivity contribution in [1.29, 1.82) is 0 Å². The molecule has 2 rings (SSSR count). The molecule has 17 heavy (non-hydrogen) atoms. The Hall–Kier alpha value is 0. The molecule has 0 spiro atoms. The van der Waals surface area contributed by atoms with Gasteiger partial charge in [-0.05, 0) is 60.7 Å². The maximum absolute atomic E-state index is 2.53. The molecule has 0 saturated heterocycles. The first-order valence-electron chi connectivity index (χ1n) is 8.10. The van der Waals surface area contributed by atoms with Gasteiger partial charge >= 0.3 is 0 Å². The van der Waals surface area contributed by atoms with Crippen LogP contribution in [0.25, 0.3) is 0 Å². The molecule has 0 N–H and O–H groups in total. The number of hydrogen-bond donors (Lipinski definition) is 0. The number of hydrogen-bond acceptors (Lipinski definition) is 0. The van der Waals surface area contributed by atoms with Crippen LogP contribution >= 0.6 is 0 Å². The maximum atomic E-state index is 2.53. The van der Waals surface area contributed by atoms with E-state index in [2.05, 4.69) is 34.6 Å². The molecule has 0 bridgehead atoms. The average molecular weight is 236 g/mol. The average Bonchev–Trinajstić information content (AvgIpc) is 2.85. The van der Waals surface area contributed by atoms with E-state index in [0.29, 0.717) is 0 Å². The molecular weight excluding hydrogens is 204 g/mol. The van der Waals surface area contributed by atoms with Gasteiger partial charge in [-0.1, -0.05) is 47.5 Å². The first-order chi connectivity index (χ1) is 8.10. The van der Waals surface area contributed by atoms with Crippen molar-refractivity contribution in [3.8, 4) is 0 Å². The van der Waals surface area contributed by atoms with Gasteiger partial charge in [-0.25, -0.2) is 0 Å². The van der Waals surface area contributed by atoms with Crippen molar-refractivity contribution in [3.63, 3.8) is 0 Å². The summed E-state index contributed by atoms with van der Waals surface area (Å²) >= 11 is 0. The zero-order valence-corrected chi connectivity index (χ0v) is 12.6. The predicted octanol–water partition coefficient (Wildman–Crippen LogP) is 5.38. The van der Waals surface area contributed by atoms with Crippen molar-refractivity contribution in [2.75, 3.05) is 0 Å². The Morgan fingerprint density at radius 1 is 0.824 bits per heavy atom. The van der Waals surface area contributed by atoms with E-state index in [1.165, 1.54) is 32.1 Å². The Kier molecular flexibility index (Phi) is 4.21. The maximum Gasteiger partial charge on any atom is -0.0352 e. The topological polar surface area (TPSA) is 0 Å². The van der Waals surface area contributed by atoms with E-state index in [1.54, 1.807) is 0 Å². The summed E-state index contributed by atoms with van der Waals surface area (Å²) in [7, 11) is 0. The lowest BCUT2D eigenvalue weighted by atomic mass is 9.74. The Morgan fingerprint density at radius 3 is 2.00 bits per heavy atom. The molecule has 0 aromatic rings. The minimum atomic E-state index is 0.957. The summed E-state index contributed by atoms with van der Waals surface area (Å²) < 4.78 is 0. The van der Waals surface area contributed by atoms with Crippen LogP contribution < -0.4 is 0 Å². The van der Waals surface area contributed by atoms with Gasteiger partial charge in [0.2, 0.25) is 0 Å². The lowest BCUT2D eigenvalue weighted by Gasteiger charge is -2.31. The molecule has 2 aliphatic rings. The highest BCUT2D eigenvalue weighted by atomic mass is 14.5. The quantitative estimate of drug-likeness (QED) is 0.617. The molecule has 2 aliphatic carbocycles. The minimum Gasteiger partial charge on any atom is -0.0651 e. The Morgan fingerprint density at radius 2 is 1.53 bits per heavy atom. The molecule has 2 fully saturated rings. The lowest BCUT2D eigenvalue weighted by molar-refractivity contribution is 0.177. The summed E-state index contributed by atoms with van der Waals surface area (Å²) in [5, 5.41) is 0.